The van der Waals surface area contributed by atoms with E-state index in [1.54, 1.807) is 11.3 Å². The number of carbonyl (C=O) groups excluding carboxylic acids is 1. The number of nitrogens with two attached hydrogens (primary N) is 1. The standard InChI is InChI=1S/C14H21N3OS/c15-13-9-12(13)14(18)17-5-2-4-16(6-7-17)10-11-3-1-8-19-11/h1,3,8,12-13H,2,4-7,9-10,15H2. The first kappa shape index (κ1) is 13.1. The van der Waals surface area contributed by atoms with Crippen molar-refractivity contribution in [2.75, 3.05) is 26.2 Å². The Hall–Kier alpha value is -0.910. The maximum atomic E-state index is 12.2. The molecule has 1 saturated heterocycles. The van der Waals surface area contributed by atoms with Gasteiger partial charge in [0, 0.05) is 43.6 Å². The fourth-order valence-electron chi connectivity index (χ4n) is 2.71. The number of hydrogen-bond donors (Lipinski definition) is 1. The van der Waals surface area contributed by atoms with E-state index < -0.39 is 0 Å². The van der Waals surface area contributed by atoms with E-state index in [0.29, 0.717) is 0 Å². The molecule has 1 aromatic heterocycles. The maximum absolute atomic E-state index is 12.2. The van der Waals surface area contributed by atoms with Crippen LogP contribution in [0.5, 0.6) is 0 Å². The van der Waals surface area contributed by atoms with Crippen LogP contribution in [0.25, 0.3) is 0 Å². The Balaban J connectivity index is 1.52. The first-order valence-corrected chi connectivity index (χ1v) is 7.91. The van der Waals surface area contributed by atoms with Crippen LogP contribution in [0, 0.1) is 5.92 Å². The molecule has 0 radical (unpaired) electrons. The average Bonchev–Trinajstić information content (AvgIpc) is 2.99. The topological polar surface area (TPSA) is 49.6 Å². The summed E-state index contributed by atoms with van der Waals surface area (Å²) in [6.45, 7) is 4.82. The molecule has 1 saturated carbocycles. The summed E-state index contributed by atoms with van der Waals surface area (Å²) in [5, 5.41) is 2.12. The Bertz CT molecular complexity index is 434. The predicted molar refractivity (Wildman–Crippen MR) is 76.9 cm³/mol. The molecule has 2 unspecified atom stereocenters. The fraction of sp³-hybridized carbons (Fsp3) is 0.643. The molecule has 0 aromatic carbocycles. The Kier molecular flexibility index (Phi) is 3.86. The summed E-state index contributed by atoms with van der Waals surface area (Å²) in [5.74, 6) is 0.398. The summed E-state index contributed by atoms with van der Waals surface area (Å²) in [7, 11) is 0. The number of nitrogens with zero attached hydrogens (tertiary/aromatic N) is 2. The molecule has 2 atom stereocenters. The number of rotatable bonds is 3. The van der Waals surface area contributed by atoms with Crippen LogP contribution in [0.2, 0.25) is 0 Å². The summed E-state index contributed by atoms with van der Waals surface area (Å²) >= 11 is 1.81. The molecule has 2 heterocycles. The van der Waals surface area contributed by atoms with Crippen molar-refractivity contribution in [2.24, 2.45) is 11.7 Å². The first-order chi connectivity index (χ1) is 9.24. The van der Waals surface area contributed by atoms with Gasteiger partial charge in [0.15, 0.2) is 0 Å². The van der Waals surface area contributed by atoms with Crippen molar-refractivity contribution in [2.45, 2.75) is 25.4 Å². The van der Waals surface area contributed by atoms with Crippen molar-refractivity contribution in [1.82, 2.24) is 9.80 Å². The third kappa shape index (κ3) is 3.16. The van der Waals surface area contributed by atoms with E-state index in [1.165, 1.54) is 4.88 Å². The van der Waals surface area contributed by atoms with Crippen molar-refractivity contribution in [1.29, 1.82) is 0 Å². The van der Waals surface area contributed by atoms with Crippen molar-refractivity contribution < 1.29 is 4.79 Å². The van der Waals surface area contributed by atoms with Gasteiger partial charge in [-0.3, -0.25) is 9.69 Å². The highest BCUT2D eigenvalue weighted by molar-refractivity contribution is 7.09. The lowest BCUT2D eigenvalue weighted by atomic mass is 10.3. The van der Waals surface area contributed by atoms with E-state index >= 15 is 0 Å². The second kappa shape index (κ2) is 5.61. The van der Waals surface area contributed by atoms with Crippen molar-refractivity contribution in [3.8, 4) is 0 Å². The molecule has 4 nitrogen and oxygen atoms in total. The molecule has 2 fully saturated rings. The van der Waals surface area contributed by atoms with Gasteiger partial charge in [-0.25, -0.2) is 0 Å². The molecule has 3 rings (SSSR count). The van der Waals surface area contributed by atoms with Gasteiger partial charge in [0.2, 0.25) is 5.91 Å². The third-order valence-electron chi connectivity index (χ3n) is 4.02. The summed E-state index contributed by atoms with van der Waals surface area (Å²) in [6.07, 6.45) is 1.95. The second-order valence-electron chi connectivity index (χ2n) is 5.54. The van der Waals surface area contributed by atoms with Gasteiger partial charge < -0.3 is 10.6 Å². The zero-order chi connectivity index (χ0) is 13.2. The summed E-state index contributed by atoms with van der Waals surface area (Å²) in [6, 6.07) is 4.40. The van der Waals surface area contributed by atoms with E-state index in [0.717, 1.165) is 45.6 Å². The van der Waals surface area contributed by atoms with Gasteiger partial charge in [-0.2, -0.15) is 0 Å². The van der Waals surface area contributed by atoms with Gasteiger partial charge in [0.1, 0.15) is 0 Å². The Morgan fingerprint density at radius 3 is 2.89 bits per heavy atom. The summed E-state index contributed by atoms with van der Waals surface area (Å²) in [4.78, 5) is 18.1. The van der Waals surface area contributed by atoms with Gasteiger partial charge >= 0.3 is 0 Å². The highest BCUT2D eigenvalue weighted by Gasteiger charge is 2.42. The molecule has 0 spiro atoms. The van der Waals surface area contributed by atoms with Gasteiger partial charge in [-0.05, 0) is 24.3 Å². The van der Waals surface area contributed by atoms with Crippen LogP contribution in [0.15, 0.2) is 17.5 Å². The Labute approximate surface area is 118 Å². The van der Waals surface area contributed by atoms with Crippen molar-refractivity contribution >= 4 is 17.2 Å². The molecular weight excluding hydrogens is 258 g/mol. The zero-order valence-corrected chi connectivity index (χ0v) is 11.9. The van der Waals surface area contributed by atoms with Crippen LogP contribution in [-0.2, 0) is 11.3 Å². The molecule has 1 aliphatic heterocycles. The minimum Gasteiger partial charge on any atom is -0.341 e. The lowest BCUT2D eigenvalue weighted by Gasteiger charge is -2.21. The number of carbonyl (C=O) groups is 1. The lowest BCUT2D eigenvalue weighted by molar-refractivity contribution is -0.132. The minimum absolute atomic E-state index is 0.115. The highest BCUT2D eigenvalue weighted by atomic mass is 32.1. The maximum Gasteiger partial charge on any atom is 0.227 e. The molecule has 2 aliphatic rings. The quantitative estimate of drug-likeness (QED) is 0.902. The van der Waals surface area contributed by atoms with E-state index in [2.05, 4.69) is 22.4 Å². The van der Waals surface area contributed by atoms with Crippen LogP contribution in [0.1, 0.15) is 17.7 Å². The van der Waals surface area contributed by atoms with Gasteiger partial charge in [-0.1, -0.05) is 6.07 Å². The van der Waals surface area contributed by atoms with Crippen LogP contribution in [-0.4, -0.2) is 47.9 Å². The van der Waals surface area contributed by atoms with Gasteiger partial charge in [0.05, 0.1) is 5.92 Å². The van der Waals surface area contributed by atoms with Crippen molar-refractivity contribution in [3.63, 3.8) is 0 Å². The molecule has 1 aromatic rings. The van der Waals surface area contributed by atoms with Crippen molar-refractivity contribution in [3.05, 3.63) is 22.4 Å². The number of hydrogen-bond acceptors (Lipinski definition) is 4. The number of amides is 1. The van der Waals surface area contributed by atoms with Crippen LogP contribution in [0.3, 0.4) is 0 Å². The Morgan fingerprint density at radius 1 is 1.37 bits per heavy atom. The van der Waals surface area contributed by atoms with E-state index in [4.69, 9.17) is 5.73 Å². The molecule has 5 heteroatoms. The summed E-state index contributed by atoms with van der Waals surface area (Å²) < 4.78 is 0. The minimum atomic E-state index is 0.115. The average molecular weight is 279 g/mol. The van der Waals surface area contributed by atoms with E-state index in [-0.39, 0.29) is 17.9 Å². The van der Waals surface area contributed by atoms with Crippen LogP contribution < -0.4 is 5.73 Å². The van der Waals surface area contributed by atoms with Gasteiger partial charge in [-0.15, -0.1) is 11.3 Å². The predicted octanol–water partition coefficient (Wildman–Crippen LogP) is 1.13. The van der Waals surface area contributed by atoms with Crippen LogP contribution in [0.4, 0.5) is 0 Å². The Morgan fingerprint density at radius 2 is 2.21 bits per heavy atom. The molecule has 19 heavy (non-hydrogen) atoms. The molecule has 1 aliphatic carbocycles. The van der Waals surface area contributed by atoms with E-state index in [1.807, 2.05) is 4.90 Å². The highest BCUT2D eigenvalue weighted by Crippen LogP contribution is 2.30. The molecule has 2 N–H and O–H groups in total. The SMILES string of the molecule is NC1CC1C(=O)N1CCCN(Cc2cccs2)CC1. The molecular formula is C14H21N3OS. The van der Waals surface area contributed by atoms with E-state index in [9.17, 15) is 4.79 Å². The normalized spacial score (nSPS) is 28.2. The van der Waals surface area contributed by atoms with Crippen LogP contribution >= 0.6 is 11.3 Å². The third-order valence-corrected chi connectivity index (χ3v) is 4.88. The second-order valence-corrected chi connectivity index (χ2v) is 6.57. The lowest BCUT2D eigenvalue weighted by Crippen LogP contribution is -2.37. The number of thiophene rings is 1. The zero-order valence-electron chi connectivity index (χ0n) is 11.1. The fourth-order valence-corrected chi connectivity index (χ4v) is 3.45. The molecule has 0 bridgehead atoms. The largest absolute Gasteiger partial charge is 0.341 e. The smallest absolute Gasteiger partial charge is 0.227 e. The molecule has 1 amide bonds. The summed E-state index contributed by atoms with van der Waals surface area (Å²) in [5.41, 5.74) is 5.77. The monoisotopic (exact) mass is 279 g/mol. The van der Waals surface area contributed by atoms with Gasteiger partial charge in [0.25, 0.3) is 0 Å². The molecule has 104 valence electrons. The first-order valence-electron chi connectivity index (χ1n) is 7.03.